The van der Waals surface area contributed by atoms with Crippen molar-refractivity contribution in [2.75, 3.05) is 11.9 Å². The number of anilines is 1. The normalized spacial score (nSPS) is 12.2. The Hall–Kier alpha value is -0.360. The van der Waals surface area contributed by atoms with Crippen molar-refractivity contribution in [2.45, 2.75) is 6.10 Å². The Bertz CT molecular complexity index is 574. The van der Waals surface area contributed by atoms with Gasteiger partial charge in [0.1, 0.15) is 0 Å². The summed E-state index contributed by atoms with van der Waals surface area (Å²) in [5.41, 5.74) is 1.83. The van der Waals surface area contributed by atoms with Gasteiger partial charge in [0.25, 0.3) is 0 Å². The lowest BCUT2D eigenvalue weighted by atomic mass is 10.1. The number of halogens is 3. The van der Waals surface area contributed by atoms with Crippen LogP contribution >= 0.6 is 47.8 Å². The third-order valence-electron chi connectivity index (χ3n) is 2.65. The van der Waals surface area contributed by atoms with E-state index in [1.807, 2.05) is 42.5 Å². The molecule has 19 heavy (non-hydrogen) atoms. The number of benzene rings is 2. The van der Waals surface area contributed by atoms with Gasteiger partial charge in [-0.1, -0.05) is 44.0 Å². The molecule has 1 atom stereocenters. The highest BCUT2D eigenvalue weighted by Gasteiger charge is 2.08. The number of hydrogen-bond donors (Lipinski definition) is 2. The van der Waals surface area contributed by atoms with Crippen molar-refractivity contribution in [1.29, 1.82) is 0 Å². The van der Waals surface area contributed by atoms with Gasteiger partial charge in [-0.25, -0.2) is 0 Å². The number of aliphatic hydroxyl groups is 1. The van der Waals surface area contributed by atoms with Gasteiger partial charge in [0.05, 0.1) is 6.10 Å². The monoisotopic (exact) mass is 447 g/mol. The van der Waals surface area contributed by atoms with E-state index < -0.39 is 6.10 Å². The van der Waals surface area contributed by atoms with Gasteiger partial charge >= 0.3 is 0 Å². The molecule has 0 aliphatic rings. The predicted molar refractivity (Wildman–Crippen MR) is 89.4 cm³/mol. The van der Waals surface area contributed by atoms with Gasteiger partial charge in [0.2, 0.25) is 0 Å². The third-order valence-corrected chi connectivity index (χ3v) is 4.33. The van der Waals surface area contributed by atoms with Crippen molar-refractivity contribution in [3.05, 3.63) is 61.4 Å². The van der Waals surface area contributed by atoms with Crippen LogP contribution in [0.1, 0.15) is 11.7 Å². The van der Waals surface area contributed by atoms with Gasteiger partial charge in [0, 0.05) is 25.7 Å². The fraction of sp³-hybridized carbons (Fsp3) is 0.143. The number of nitrogens with one attached hydrogen (secondary N) is 1. The van der Waals surface area contributed by atoms with Crippen molar-refractivity contribution in [1.82, 2.24) is 0 Å². The summed E-state index contributed by atoms with van der Waals surface area (Å²) in [5.74, 6) is 0. The number of aliphatic hydroxyl groups excluding tert-OH is 1. The summed E-state index contributed by atoms with van der Waals surface area (Å²) in [6.45, 7) is 0.450. The highest BCUT2D eigenvalue weighted by atomic mass is 79.9. The minimum absolute atomic E-state index is 0.450. The van der Waals surface area contributed by atoms with E-state index >= 15 is 0 Å². The van der Waals surface area contributed by atoms with E-state index in [0.29, 0.717) is 6.54 Å². The minimum Gasteiger partial charge on any atom is -0.387 e. The second kappa shape index (κ2) is 6.88. The summed E-state index contributed by atoms with van der Waals surface area (Å²) in [7, 11) is 0. The fourth-order valence-corrected chi connectivity index (χ4v) is 2.84. The van der Waals surface area contributed by atoms with Crippen LogP contribution < -0.4 is 5.32 Å². The smallest absolute Gasteiger partial charge is 0.0962 e. The summed E-state index contributed by atoms with van der Waals surface area (Å²) in [4.78, 5) is 0. The number of hydrogen-bond acceptors (Lipinski definition) is 2. The van der Waals surface area contributed by atoms with Gasteiger partial charge in [-0.15, -0.1) is 0 Å². The molecule has 2 nitrogen and oxygen atoms in total. The molecule has 0 bridgehead atoms. The van der Waals surface area contributed by atoms with E-state index in [1.165, 1.54) is 0 Å². The van der Waals surface area contributed by atoms with Crippen molar-refractivity contribution >= 4 is 53.5 Å². The molecule has 0 saturated carbocycles. The first-order valence-electron chi connectivity index (χ1n) is 5.69. The molecule has 0 fully saturated rings. The van der Waals surface area contributed by atoms with E-state index in [0.717, 1.165) is 24.7 Å². The molecule has 1 unspecified atom stereocenters. The highest BCUT2D eigenvalue weighted by Crippen LogP contribution is 2.27. The lowest BCUT2D eigenvalue weighted by molar-refractivity contribution is 0.191. The highest BCUT2D eigenvalue weighted by molar-refractivity contribution is 9.11. The SMILES string of the molecule is OC(CNc1cc(Br)ccc1Br)c1cccc(Br)c1. The van der Waals surface area contributed by atoms with Crippen LogP contribution in [0.2, 0.25) is 0 Å². The zero-order chi connectivity index (χ0) is 13.8. The first-order chi connectivity index (χ1) is 9.06. The first kappa shape index (κ1) is 15.0. The fourth-order valence-electron chi connectivity index (χ4n) is 1.67. The summed E-state index contributed by atoms with van der Waals surface area (Å²) >= 11 is 10.3. The average Bonchev–Trinajstić information content (AvgIpc) is 2.39. The zero-order valence-corrected chi connectivity index (χ0v) is 14.7. The maximum absolute atomic E-state index is 10.2. The molecular formula is C14H12Br3NO. The van der Waals surface area contributed by atoms with E-state index in [1.54, 1.807) is 0 Å². The van der Waals surface area contributed by atoms with Crippen LogP contribution in [-0.4, -0.2) is 11.7 Å². The first-order valence-corrected chi connectivity index (χ1v) is 8.06. The molecule has 0 radical (unpaired) electrons. The zero-order valence-electron chi connectivity index (χ0n) is 9.91. The van der Waals surface area contributed by atoms with E-state index in [4.69, 9.17) is 0 Å². The molecule has 0 amide bonds. The molecular weight excluding hydrogens is 438 g/mol. The molecule has 2 aromatic rings. The standard InChI is InChI=1S/C14H12Br3NO/c15-10-3-1-2-9(6-10)14(19)8-18-13-7-11(16)4-5-12(13)17/h1-7,14,18-19H,8H2. The molecule has 0 aliphatic heterocycles. The molecule has 0 saturated heterocycles. The molecule has 2 rings (SSSR count). The van der Waals surface area contributed by atoms with E-state index in [2.05, 4.69) is 53.1 Å². The molecule has 5 heteroatoms. The average molecular weight is 450 g/mol. The minimum atomic E-state index is -0.552. The van der Waals surface area contributed by atoms with Crippen LogP contribution in [0.3, 0.4) is 0 Å². The topological polar surface area (TPSA) is 32.3 Å². The van der Waals surface area contributed by atoms with E-state index in [-0.39, 0.29) is 0 Å². The van der Waals surface area contributed by atoms with Gasteiger partial charge in [-0.05, 0) is 51.8 Å². The summed E-state index contributed by atoms with van der Waals surface area (Å²) < 4.78 is 2.93. The van der Waals surface area contributed by atoms with Crippen LogP contribution in [0, 0.1) is 0 Å². The third kappa shape index (κ3) is 4.31. The molecule has 0 aliphatic carbocycles. The maximum atomic E-state index is 10.2. The van der Waals surface area contributed by atoms with Gasteiger partial charge in [0.15, 0.2) is 0 Å². The second-order valence-electron chi connectivity index (χ2n) is 4.08. The van der Waals surface area contributed by atoms with Crippen molar-refractivity contribution < 1.29 is 5.11 Å². The lowest BCUT2D eigenvalue weighted by Gasteiger charge is -2.14. The van der Waals surface area contributed by atoms with Crippen LogP contribution in [0.5, 0.6) is 0 Å². The molecule has 100 valence electrons. The van der Waals surface area contributed by atoms with Gasteiger partial charge in [-0.3, -0.25) is 0 Å². The Morgan fingerprint density at radius 1 is 1.00 bits per heavy atom. The van der Waals surface area contributed by atoms with Crippen molar-refractivity contribution in [3.63, 3.8) is 0 Å². The van der Waals surface area contributed by atoms with Gasteiger partial charge < -0.3 is 10.4 Å². The molecule has 0 spiro atoms. The quantitative estimate of drug-likeness (QED) is 0.679. The van der Waals surface area contributed by atoms with Crippen LogP contribution in [0.15, 0.2) is 55.9 Å². The Morgan fingerprint density at radius 2 is 1.74 bits per heavy atom. The predicted octanol–water partition coefficient (Wildman–Crippen LogP) is 5.12. The van der Waals surface area contributed by atoms with E-state index in [9.17, 15) is 5.11 Å². The summed E-state index contributed by atoms with van der Waals surface area (Å²) in [5, 5.41) is 13.4. The molecule has 2 aromatic carbocycles. The Kier molecular flexibility index (Phi) is 5.45. The Morgan fingerprint density at radius 3 is 2.47 bits per heavy atom. The lowest BCUT2D eigenvalue weighted by Crippen LogP contribution is -2.12. The Balaban J connectivity index is 2.04. The Labute approximate surface area is 137 Å². The molecule has 0 heterocycles. The van der Waals surface area contributed by atoms with Gasteiger partial charge in [-0.2, -0.15) is 0 Å². The van der Waals surface area contributed by atoms with Crippen molar-refractivity contribution in [3.8, 4) is 0 Å². The largest absolute Gasteiger partial charge is 0.387 e. The van der Waals surface area contributed by atoms with Crippen LogP contribution in [0.4, 0.5) is 5.69 Å². The summed E-state index contributed by atoms with van der Waals surface area (Å²) in [6, 6.07) is 13.6. The van der Waals surface area contributed by atoms with Crippen LogP contribution in [0.25, 0.3) is 0 Å². The molecule has 0 aromatic heterocycles. The van der Waals surface area contributed by atoms with Crippen molar-refractivity contribution in [2.24, 2.45) is 0 Å². The summed E-state index contributed by atoms with van der Waals surface area (Å²) in [6.07, 6.45) is -0.552. The van der Waals surface area contributed by atoms with Crippen LogP contribution in [-0.2, 0) is 0 Å². The maximum Gasteiger partial charge on any atom is 0.0962 e. The molecule has 2 N–H and O–H groups in total. The number of rotatable bonds is 4. The second-order valence-corrected chi connectivity index (χ2v) is 6.76.